The first kappa shape index (κ1) is 21.4. The minimum absolute atomic E-state index is 0.0942. The molecule has 148 valence electrons. The summed E-state index contributed by atoms with van der Waals surface area (Å²) in [5.41, 5.74) is 0.808. The summed E-state index contributed by atoms with van der Waals surface area (Å²) in [6, 6.07) is 1.53. The Morgan fingerprint density at radius 1 is 0.962 bits per heavy atom. The van der Waals surface area contributed by atoms with Gasteiger partial charge >= 0.3 is 0 Å². The van der Waals surface area contributed by atoms with E-state index in [1.165, 1.54) is 57.9 Å². The molecule has 2 heterocycles. The van der Waals surface area contributed by atoms with Crippen molar-refractivity contribution in [2.75, 3.05) is 26.2 Å². The fourth-order valence-electron chi connectivity index (χ4n) is 4.64. The van der Waals surface area contributed by atoms with Crippen LogP contribution in [0.5, 0.6) is 0 Å². The minimum atomic E-state index is -0.0942. The first-order chi connectivity index (χ1) is 12.7. The molecule has 0 saturated carbocycles. The number of likely N-dealkylation sites (tertiary alicyclic amines) is 2. The molecular weight excluding hydrogens is 323 g/mol. The first-order valence-corrected chi connectivity index (χ1v) is 10.8. The van der Waals surface area contributed by atoms with Crippen LogP contribution in [0.3, 0.4) is 0 Å². The van der Waals surface area contributed by atoms with Crippen molar-refractivity contribution in [1.82, 2.24) is 9.80 Å². The van der Waals surface area contributed by atoms with Crippen LogP contribution in [0.25, 0.3) is 0 Å². The van der Waals surface area contributed by atoms with Crippen molar-refractivity contribution in [3.05, 3.63) is 35.7 Å². The van der Waals surface area contributed by atoms with Gasteiger partial charge in [0.25, 0.3) is 0 Å². The topological polar surface area (TPSA) is 6.48 Å². The second kappa shape index (κ2) is 11.7. The van der Waals surface area contributed by atoms with Gasteiger partial charge in [0, 0.05) is 24.2 Å². The van der Waals surface area contributed by atoms with Gasteiger partial charge in [-0.2, -0.15) is 0 Å². The zero-order chi connectivity index (χ0) is 18.8. The fraction of sp³-hybridized carbons (Fsp3) is 0.739. The van der Waals surface area contributed by atoms with Gasteiger partial charge in [0.05, 0.1) is 0 Å². The van der Waals surface area contributed by atoms with E-state index in [1.54, 1.807) is 12.2 Å². The average molecular weight is 363 g/mol. The molecule has 2 rings (SSSR count). The van der Waals surface area contributed by atoms with Crippen molar-refractivity contribution < 1.29 is 4.39 Å². The molecule has 0 aromatic carbocycles. The lowest BCUT2D eigenvalue weighted by atomic mass is 9.97. The molecule has 0 aromatic rings. The predicted molar refractivity (Wildman–Crippen MR) is 111 cm³/mol. The summed E-state index contributed by atoms with van der Waals surface area (Å²) in [4.78, 5) is 5.28. The highest BCUT2D eigenvalue weighted by molar-refractivity contribution is 5.29. The number of piperidine rings is 1. The van der Waals surface area contributed by atoms with Crippen LogP contribution in [-0.4, -0.2) is 48.1 Å². The lowest BCUT2D eigenvalue weighted by molar-refractivity contribution is 0.0741. The second-order valence-corrected chi connectivity index (χ2v) is 7.91. The van der Waals surface area contributed by atoms with E-state index >= 15 is 0 Å². The second-order valence-electron chi connectivity index (χ2n) is 7.91. The van der Waals surface area contributed by atoms with Gasteiger partial charge in [0.15, 0.2) is 0 Å². The van der Waals surface area contributed by atoms with Crippen molar-refractivity contribution in [2.45, 2.75) is 84.2 Å². The van der Waals surface area contributed by atoms with Crippen LogP contribution < -0.4 is 0 Å². The third-order valence-electron chi connectivity index (χ3n) is 5.95. The van der Waals surface area contributed by atoms with Crippen LogP contribution in [0.4, 0.5) is 4.39 Å². The summed E-state index contributed by atoms with van der Waals surface area (Å²) in [6.45, 7) is 10.3. The highest BCUT2D eigenvalue weighted by Gasteiger charge is 2.30. The van der Waals surface area contributed by atoms with E-state index < -0.39 is 0 Å². The normalized spacial score (nSPS) is 25.8. The van der Waals surface area contributed by atoms with Crippen molar-refractivity contribution in [2.24, 2.45) is 0 Å². The molecular formula is C23H39FN2. The summed E-state index contributed by atoms with van der Waals surface area (Å²) in [5.74, 6) is -0.0942. The zero-order valence-electron chi connectivity index (χ0n) is 17.2. The quantitative estimate of drug-likeness (QED) is 0.522. The highest BCUT2D eigenvalue weighted by Crippen LogP contribution is 2.27. The largest absolute Gasteiger partial charge is 0.299 e. The van der Waals surface area contributed by atoms with Gasteiger partial charge in [-0.05, 0) is 71.7 Å². The van der Waals surface area contributed by atoms with E-state index in [-0.39, 0.29) is 5.83 Å². The third-order valence-corrected chi connectivity index (χ3v) is 5.95. The van der Waals surface area contributed by atoms with E-state index in [0.717, 1.165) is 37.3 Å². The van der Waals surface area contributed by atoms with Gasteiger partial charge in [0.2, 0.25) is 0 Å². The van der Waals surface area contributed by atoms with Gasteiger partial charge in [-0.25, -0.2) is 4.39 Å². The SMILES string of the molecule is C\C=C/C(CN1CCC(N2CCCCCC2CCC)CC1)=C(F)\C=C\C. The van der Waals surface area contributed by atoms with Crippen molar-refractivity contribution >= 4 is 0 Å². The van der Waals surface area contributed by atoms with Gasteiger partial charge in [-0.15, -0.1) is 0 Å². The van der Waals surface area contributed by atoms with Crippen molar-refractivity contribution in [1.29, 1.82) is 0 Å². The molecule has 0 radical (unpaired) electrons. The molecule has 2 nitrogen and oxygen atoms in total. The van der Waals surface area contributed by atoms with E-state index in [9.17, 15) is 4.39 Å². The molecule has 0 aliphatic carbocycles. The highest BCUT2D eigenvalue weighted by atomic mass is 19.1. The Morgan fingerprint density at radius 3 is 2.35 bits per heavy atom. The van der Waals surface area contributed by atoms with E-state index in [4.69, 9.17) is 0 Å². The Kier molecular flexibility index (Phi) is 9.63. The molecule has 2 aliphatic rings. The number of rotatable bonds is 7. The molecule has 2 aliphatic heterocycles. The lowest BCUT2D eigenvalue weighted by Crippen LogP contribution is -2.49. The number of hydrogen-bond acceptors (Lipinski definition) is 2. The predicted octanol–water partition coefficient (Wildman–Crippen LogP) is 5.87. The smallest absolute Gasteiger partial charge is 0.127 e. The van der Waals surface area contributed by atoms with E-state index in [1.807, 2.05) is 26.0 Å². The Labute approximate surface area is 160 Å². The standard InChI is InChI=1S/C23H39FN2/c1-4-10-20(23(24)12-6-3)19-25-17-14-22(15-18-25)26-16-9-7-8-13-21(26)11-5-2/h4,6,10,12,21-22H,5,7-9,11,13-19H2,1-3H3/b10-4-,12-6+,23-20-. The number of nitrogens with zero attached hydrogens (tertiary/aromatic N) is 2. The fourth-order valence-corrected chi connectivity index (χ4v) is 4.64. The summed E-state index contributed by atoms with van der Waals surface area (Å²) in [7, 11) is 0. The summed E-state index contributed by atoms with van der Waals surface area (Å²) in [5, 5.41) is 0. The number of halogens is 1. The summed E-state index contributed by atoms with van der Waals surface area (Å²) in [6.07, 6.45) is 17.9. The van der Waals surface area contributed by atoms with Crippen molar-refractivity contribution in [3.8, 4) is 0 Å². The van der Waals surface area contributed by atoms with Crippen LogP contribution >= 0.6 is 0 Å². The lowest BCUT2D eigenvalue weighted by Gasteiger charge is -2.42. The first-order valence-electron chi connectivity index (χ1n) is 10.8. The van der Waals surface area contributed by atoms with Gasteiger partial charge in [0.1, 0.15) is 5.83 Å². The molecule has 3 heteroatoms. The molecule has 2 fully saturated rings. The molecule has 0 aromatic heterocycles. The summed E-state index contributed by atoms with van der Waals surface area (Å²) >= 11 is 0. The molecule has 2 saturated heterocycles. The monoisotopic (exact) mass is 362 g/mol. The van der Waals surface area contributed by atoms with Crippen LogP contribution in [0, 0.1) is 0 Å². The Hall–Kier alpha value is -0.930. The van der Waals surface area contributed by atoms with Crippen LogP contribution in [-0.2, 0) is 0 Å². The van der Waals surface area contributed by atoms with Crippen LogP contribution in [0.15, 0.2) is 35.7 Å². The minimum Gasteiger partial charge on any atom is -0.299 e. The molecule has 0 N–H and O–H groups in total. The Balaban J connectivity index is 1.93. The third kappa shape index (κ3) is 6.35. The molecule has 0 spiro atoms. The molecule has 26 heavy (non-hydrogen) atoms. The molecule has 1 unspecified atom stereocenters. The van der Waals surface area contributed by atoms with Crippen LogP contribution in [0.2, 0.25) is 0 Å². The zero-order valence-corrected chi connectivity index (χ0v) is 17.2. The van der Waals surface area contributed by atoms with E-state index in [0.29, 0.717) is 0 Å². The van der Waals surface area contributed by atoms with Gasteiger partial charge in [-0.1, -0.05) is 44.4 Å². The number of allylic oxidation sites excluding steroid dienone is 4. The van der Waals surface area contributed by atoms with Crippen molar-refractivity contribution in [3.63, 3.8) is 0 Å². The molecule has 0 bridgehead atoms. The maximum absolute atomic E-state index is 14.3. The van der Waals surface area contributed by atoms with Gasteiger partial charge in [-0.3, -0.25) is 9.80 Å². The number of hydrogen-bond donors (Lipinski definition) is 0. The maximum Gasteiger partial charge on any atom is 0.127 e. The Morgan fingerprint density at radius 2 is 1.69 bits per heavy atom. The van der Waals surface area contributed by atoms with Gasteiger partial charge < -0.3 is 0 Å². The van der Waals surface area contributed by atoms with Crippen LogP contribution in [0.1, 0.15) is 72.1 Å². The summed E-state index contributed by atoms with van der Waals surface area (Å²) < 4.78 is 14.3. The Bertz CT molecular complexity index is 486. The average Bonchev–Trinajstić information content (AvgIpc) is 2.88. The molecule has 0 amide bonds. The molecule has 1 atom stereocenters. The van der Waals surface area contributed by atoms with E-state index in [2.05, 4.69) is 16.7 Å². The maximum atomic E-state index is 14.3.